The van der Waals surface area contributed by atoms with Crippen LogP contribution in [-0.2, 0) is 6.54 Å². The van der Waals surface area contributed by atoms with Crippen LogP contribution in [0.2, 0.25) is 0 Å². The number of hydrogen-bond donors (Lipinski definition) is 1. The number of nitrogens with zero attached hydrogens (tertiary/aromatic N) is 3. The number of nitrogens with one attached hydrogen (secondary N) is 1. The molecule has 1 aliphatic rings. The lowest BCUT2D eigenvalue weighted by Crippen LogP contribution is -2.24. The first kappa shape index (κ1) is 18.6. The topological polar surface area (TPSA) is 95.3 Å². The van der Waals surface area contributed by atoms with E-state index >= 15 is 0 Å². The van der Waals surface area contributed by atoms with E-state index < -0.39 is 5.91 Å². The third-order valence-electron chi connectivity index (χ3n) is 4.92. The Kier molecular flexibility index (Phi) is 4.39. The van der Waals surface area contributed by atoms with Gasteiger partial charge in [-0.3, -0.25) is 14.9 Å². The Hall–Kier alpha value is -3.46. The summed E-state index contributed by atoms with van der Waals surface area (Å²) in [6.07, 6.45) is 1.56. The molecule has 9 heteroatoms. The first-order valence-corrected chi connectivity index (χ1v) is 10.4. The molecule has 4 aromatic rings. The third-order valence-corrected chi connectivity index (χ3v) is 5.85. The fourth-order valence-electron chi connectivity index (χ4n) is 3.45. The summed E-state index contributed by atoms with van der Waals surface area (Å²) >= 11 is 1.31. The molecule has 0 saturated heterocycles. The van der Waals surface area contributed by atoms with Crippen LogP contribution in [0.25, 0.3) is 21.3 Å². The van der Waals surface area contributed by atoms with Crippen LogP contribution in [0, 0.1) is 6.92 Å². The van der Waals surface area contributed by atoms with E-state index in [4.69, 9.17) is 9.47 Å². The van der Waals surface area contributed by atoms with Crippen LogP contribution in [-0.4, -0.2) is 33.7 Å². The van der Waals surface area contributed by atoms with Crippen molar-refractivity contribution in [3.05, 3.63) is 51.9 Å². The highest BCUT2D eigenvalue weighted by Gasteiger charge is 2.19. The molecule has 0 bridgehead atoms. The zero-order chi connectivity index (χ0) is 20.8. The zero-order valence-corrected chi connectivity index (χ0v) is 17.2. The van der Waals surface area contributed by atoms with Crippen LogP contribution in [0.4, 0.5) is 5.13 Å². The number of anilines is 1. The average Bonchev–Trinajstić information content (AvgIpc) is 3.12. The molecule has 0 unspecified atom stereocenters. The first-order valence-electron chi connectivity index (χ1n) is 9.56. The van der Waals surface area contributed by atoms with Crippen LogP contribution in [0.5, 0.6) is 11.5 Å². The molecule has 1 N–H and O–H groups in total. The van der Waals surface area contributed by atoms with Gasteiger partial charge in [0, 0.05) is 30.6 Å². The highest BCUT2D eigenvalue weighted by molar-refractivity contribution is 7.22. The Labute approximate surface area is 175 Å². The number of ether oxygens (including phenoxy) is 2. The summed E-state index contributed by atoms with van der Waals surface area (Å²) in [4.78, 5) is 34.8. The van der Waals surface area contributed by atoms with E-state index in [-0.39, 0.29) is 11.0 Å². The molecule has 1 aromatic carbocycles. The minimum Gasteiger partial charge on any atom is -0.486 e. The Morgan fingerprint density at radius 2 is 1.97 bits per heavy atom. The summed E-state index contributed by atoms with van der Waals surface area (Å²) < 4.78 is 13.8. The number of carbonyl (C=O) groups excluding carboxylic acids is 1. The number of rotatable bonds is 3. The maximum absolute atomic E-state index is 12.9. The minimum absolute atomic E-state index is 0.0558. The number of amides is 1. The second kappa shape index (κ2) is 7.10. The van der Waals surface area contributed by atoms with Gasteiger partial charge in [0.05, 0.1) is 15.6 Å². The van der Waals surface area contributed by atoms with Crippen molar-refractivity contribution in [3.8, 4) is 11.5 Å². The molecule has 0 fully saturated rings. The van der Waals surface area contributed by atoms with Crippen molar-refractivity contribution in [2.45, 2.75) is 20.4 Å². The van der Waals surface area contributed by atoms with E-state index in [1.807, 2.05) is 19.9 Å². The van der Waals surface area contributed by atoms with E-state index in [0.29, 0.717) is 52.9 Å². The number of aryl methyl sites for hydroxylation is 2. The number of thiazole rings is 1. The molecule has 4 heterocycles. The summed E-state index contributed by atoms with van der Waals surface area (Å²) in [6.45, 7) is 5.38. The van der Waals surface area contributed by atoms with Crippen molar-refractivity contribution in [1.82, 2.24) is 14.5 Å². The van der Waals surface area contributed by atoms with Crippen LogP contribution in [0.15, 0.2) is 35.3 Å². The number of benzene rings is 1. The summed E-state index contributed by atoms with van der Waals surface area (Å²) in [7, 11) is 0. The van der Waals surface area contributed by atoms with Crippen molar-refractivity contribution < 1.29 is 14.3 Å². The number of pyridine rings is 2. The molecule has 3 aromatic heterocycles. The predicted molar refractivity (Wildman–Crippen MR) is 115 cm³/mol. The van der Waals surface area contributed by atoms with Gasteiger partial charge in [-0.2, -0.15) is 0 Å². The molecule has 1 amide bonds. The van der Waals surface area contributed by atoms with Gasteiger partial charge in [0.1, 0.15) is 24.4 Å². The van der Waals surface area contributed by atoms with Gasteiger partial charge in [0.25, 0.3) is 5.91 Å². The van der Waals surface area contributed by atoms with Gasteiger partial charge in [0.2, 0.25) is 5.43 Å². The molecule has 5 rings (SSSR count). The SMILES string of the molecule is CCn1cc(C(=O)Nc2nc3cc4c(cc3s2)OCCO4)c(=O)c2ccc(C)nc21. The van der Waals surface area contributed by atoms with Crippen LogP contribution in [0.1, 0.15) is 23.0 Å². The molecule has 0 saturated carbocycles. The summed E-state index contributed by atoms with van der Waals surface area (Å²) in [5, 5.41) is 3.58. The maximum Gasteiger partial charge on any atom is 0.262 e. The van der Waals surface area contributed by atoms with Gasteiger partial charge in [0.15, 0.2) is 16.6 Å². The molecular weight excluding hydrogens is 404 g/mol. The van der Waals surface area contributed by atoms with E-state index in [9.17, 15) is 9.59 Å². The van der Waals surface area contributed by atoms with Gasteiger partial charge in [-0.05, 0) is 26.0 Å². The highest BCUT2D eigenvalue weighted by atomic mass is 32.1. The van der Waals surface area contributed by atoms with Gasteiger partial charge < -0.3 is 14.0 Å². The lowest BCUT2D eigenvalue weighted by Gasteiger charge is -2.17. The minimum atomic E-state index is -0.499. The number of carbonyl (C=O) groups is 1. The van der Waals surface area contributed by atoms with Crippen LogP contribution < -0.4 is 20.2 Å². The Bertz CT molecular complexity index is 1330. The van der Waals surface area contributed by atoms with Gasteiger partial charge in [-0.25, -0.2) is 9.97 Å². The van der Waals surface area contributed by atoms with E-state index in [1.54, 1.807) is 29.0 Å². The van der Waals surface area contributed by atoms with Gasteiger partial charge in [-0.1, -0.05) is 11.3 Å². The predicted octanol–water partition coefficient (Wildman–Crippen LogP) is 3.36. The van der Waals surface area contributed by atoms with Gasteiger partial charge in [-0.15, -0.1) is 0 Å². The molecule has 152 valence electrons. The lowest BCUT2D eigenvalue weighted by molar-refractivity contribution is 0.102. The standard InChI is InChI=1S/C21H18N4O4S/c1-3-25-10-13(18(26)12-5-4-11(2)22-19(12)25)20(27)24-21-23-14-8-15-16(9-17(14)30-21)29-7-6-28-15/h4-5,8-10H,3,6-7H2,1-2H3,(H,23,24,27). The van der Waals surface area contributed by atoms with Crippen molar-refractivity contribution >= 4 is 43.6 Å². The Morgan fingerprint density at radius 1 is 1.20 bits per heavy atom. The Morgan fingerprint density at radius 3 is 2.73 bits per heavy atom. The molecule has 1 aliphatic heterocycles. The van der Waals surface area contributed by atoms with Gasteiger partial charge >= 0.3 is 0 Å². The second-order valence-corrected chi connectivity index (χ2v) is 7.95. The Balaban J connectivity index is 1.52. The average molecular weight is 422 g/mol. The van der Waals surface area contributed by atoms with E-state index in [1.165, 1.54) is 11.3 Å². The maximum atomic E-state index is 12.9. The van der Waals surface area contributed by atoms with Crippen molar-refractivity contribution in [2.24, 2.45) is 0 Å². The summed E-state index contributed by atoms with van der Waals surface area (Å²) in [5.74, 6) is 0.805. The quantitative estimate of drug-likeness (QED) is 0.544. The number of hydrogen-bond acceptors (Lipinski definition) is 7. The zero-order valence-electron chi connectivity index (χ0n) is 16.4. The van der Waals surface area contributed by atoms with Crippen molar-refractivity contribution in [2.75, 3.05) is 18.5 Å². The fraction of sp³-hybridized carbons (Fsp3) is 0.238. The normalized spacial score (nSPS) is 13.0. The van der Waals surface area contributed by atoms with Crippen molar-refractivity contribution in [1.29, 1.82) is 0 Å². The highest BCUT2D eigenvalue weighted by Crippen LogP contribution is 2.37. The fourth-order valence-corrected chi connectivity index (χ4v) is 4.32. The molecule has 8 nitrogen and oxygen atoms in total. The molecule has 30 heavy (non-hydrogen) atoms. The number of fused-ring (bicyclic) bond motifs is 3. The first-order chi connectivity index (χ1) is 14.5. The molecule has 0 spiro atoms. The second-order valence-electron chi connectivity index (χ2n) is 6.92. The number of aromatic nitrogens is 3. The van der Waals surface area contributed by atoms with Crippen LogP contribution >= 0.6 is 11.3 Å². The molecule has 0 aliphatic carbocycles. The molecular formula is C21H18N4O4S. The molecule has 0 atom stereocenters. The summed E-state index contributed by atoms with van der Waals surface area (Å²) in [6, 6.07) is 7.13. The van der Waals surface area contributed by atoms with E-state index in [0.717, 1.165) is 10.4 Å². The van der Waals surface area contributed by atoms with Crippen molar-refractivity contribution in [3.63, 3.8) is 0 Å². The monoisotopic (exact) mass is 422 g/mol. The smallest absolute Gasteiger partial charge is 0.262 e. The van der Waals surface area contributed by atoms with E-state index in [2.05, 4.69) is 15.3 Å². The lowest BCUT2D eigenvalue weighted by atomic mass is 10.1. The largest absolute Gasteiger partial charge is 0.486 e. The summed E-state index contributed by atoms with van der Waals surface area (Å²) in [5.41, 5.74) is 1.79. The third kappa shape index (κ3) is 3.07. The van der Waals surface area contributed by atoms with Crippen LogP contribution in [0.3, 0.4) is 0 Å². The molecule has 0 radical (unpaired) electrons.